The van der Waals surface area contributed by atoms with Gasteiger partial charge in [0.1, 0.15) is 0 Å². The molecule has 5 heteroatoms. The molecule has 144 valence electrons. The number of rotatable bonds is 8. The average molecular weight is 379 g/mol. The largest absolute Gasteiger partial charge is 0.379 e. The first-order chi connectivity index (χ1) is 12.6. The Labute approximate surface area is 162 Å². The van der Waals surface area contributed by atoms with Crippen LogP contribution >= 0.6 is 11.6 Å². The fourth-order valence-corrected chi connectivity index (χ4v) is 4.37. The highest BCUT2D eigenvalue weighted by molar-refractivity contribution is 6.30. The van der Waals surface area contributed by atoms with E-state index in [1.807, 2.05) is 24.3 Å². The smallest absolute Gasteiger partial charge is 0.230 e. The van der Waals surface area contributed by atoms with Gasteiger partial charge >= 0.3 is 0 Å². The minimum atomic E-state index is -0.339. The van der Waals surface area contributed by atoms with Gasteiger partial charge in [-0.05, 0) is 36.5 Å². The Balaban J connectivity index is 1.66. The van der Waals surface area contributed by atoms with Crippen LogP contribution in [0.4, 0.5) is 0 Å². The molecule has 2 aliphatic rings. The summed E-state index contributed by atoms with van der Waals surface area (Å²) in [6, 6.07) is 8.14. The standard InChI is InChI=1S/C21H31ClN2O2/c1-3-16(4-2)19(24-11-13-26-14-12-24)15-23-20(25)21(9-10-21)17-5-7-18(22)8-6-17/h5-8,16,19H,3-4,9-15H2,1-2H3,(H,23,25). The van der Waals surface area contributed by atoms with Crippen LogP contribution in [0, 0.1) is 5.92 Å². The van der Waals surface area contributed by atoms with Crippen LogP contribution in [0.1, 0.15) is 45.1 Å². The lowest BCUT2D eigenvalue weighted by molar-refractivity contribution is -0.124. The molecule has 1 N–H and O–H groups in total. The van der Waals surface area contributed by atoms with Crippen LogP contribution < -0.4 is 5.32 Å². The summed E-state index contributed by atoms with van der Waals surface area (Å²) in [5, 5.41) is 4.00. The van der Waals surface area contributed by atoms with Crippen molar-refractivity contribution in [2.45, 2.75) is 51.0 Å². The molecule has 4 nitrogen and oxygen atoms in total. The quantitative estimate of drug-likeness (QED) is 0.751. The molecule has 1 saturated carbocycles. The molecule has 2 fully saturated rings. The predicted molar refractivity (Wildman–Crippen MR) is 106 cm³/mol. The van der Waals surface area contributed by atoms with Crippen LogP contribution in [-0.2, 0) is 14.9 Å². The SMILES string of the molecule is CCC(CC)C(CNC(=O)C1(c2ccc(Cl)cc2)CC1)N1CCOCC1. The normalized spacial score (nSPS) is 20.8. The zero-order valence-corrected chi connectivity index (χ0v) is 16.7. The molecule has 26 heavy (non-hydrogen) atoms. The third-order valence-electron chi connectivity index (χ3n) is 6.16. The van der Waals surface area contributed by atoms with Crippen molar-refractivity contribution in [3.63, 3.8) is 0 Å². The molecule has 1 aromatic carbocycles. The van der Waals surface area contributed by atoms with Crippen molar-refractivity contribution < 1.29 is 9.53 Å². The lowest BCUT2D eigenvalue weighted by Gasteiger charge is -2.39. The summed E-state index contributed by atoms with van der Waals surface area (Å²) < 4.78 is 5.51. The summed E-state index contributed by atoms with van der Waals surface area (Å²) in [6.07, 6.45) is 4.12. The van der Waals surface area contributed by atoms with E-state index in [1.54, 1.807) is 0 Å². The van der Waals surface area contributed by atoms with E-state index in [1.165, 1.54) is 0 Å². The van der Waals surface area contributed by atoms with Gasteiger partial charge in [-0.3, -0.25) is 9.69 Å². The highest BCUT2D eigenvalue weighted by atomic mass is 35.5. The van der Waals surface area contributed by atoms with Gasteiger partial charge in [0.15, 0.2) is 0 Å². The molecule has 1 heterocycles. The van der Waals surface area contributed by atoms with Crippen LogP contribution in [0.3, 0.4) is 0 Å². The van der Waals surface area contributed by atoms with Crippen molar-refractivity contribution in [1.29, 1.82) is 0 Å². The van der Waals surface area contributed by atoms with Crippen molar-refractivity contribution in [2.75, 3.05) is 32.8 Å². The van der Waals surface area contributed by atoms with Gasteiger partial charge in [0, 0.05) is 30.7 Å². The van der Waals surface area contributed by atoms with Crippen molar-refractivity contribution in [2.24, 2.45) is 5.92 Å². The van der Waals surface area contributed by atoms with E-state index in [0.717, 1.165) is 64.1 Å². The van der Waals surface area contributed by atoms with Crippen LogP contribution in [0.15, 0.2) is 24.3 Å². The molecule has 1 saturated heterocycles. The average Bonchev–Trinajstić information content (AvgIpc) is 3.48. The summed E-state index contributed by atoms with van der Waals surface area (Å²) in [5.74, 6) is 0.767. The zero-order chi connectivity index (χ0) is 18.6. The Morgan fingerprint density at radius 1 is 1.19 bits per heavy atom. The summed E-state index contributed by atoms with van der Waals surface area (Å²) >= 11 is 6.00. The van der Waals surface area contributed by atoms with Crippen molar-refractivity contribution in [3.05, 3.63) is 34.9 Å². The van der Waals surface area contributed by atoms with E-state index < -0.39 is 0 Å². The van der Waals surface area contributed by atoms with Gasteiger partial charge in [0.2, 0.25) is 5.91 Å². The van der Waals surface area contributed by atoms with Crippen LogP contribution in [-0.4, -0.2) is 49.7 Å². The van der Waals surface area contributed by atoms with Gasteiger partial charge < -0.3 is 10.1 Å². The predicted octanol–water partition coefficient (Wildman–Crippen LogP) is 3.62. The van der Waals surface area contributed by atoms with Gasteiger partial charge in [-0.15, -0.1) is 0 Å². The number of hydrogen-bond acceptors (Lipinski definition) is 3. The number of benzene rings is 1. The lowest BCUT2D eigenvalue weighted by Crippen LogP contribution is -2.53. The first-order valence-corrected chi connectivity index (χ1v) is 10.3. The third-order valence-corrected chi connectivity index (χ3v) is 6.41. The van der Waals surface area contributed by atoms with Crippen molar-refractivity contribution in [3.8, 4) is 0 Å². The second-order valence-electron chi connectivity index (χ2n) is 7.59. The molecule has 1 aliphatic carbocycles. The Bertz CT molecular complexity index is 591. The van der Waals surface area contributed by atoms with E-state index >= 15 is 0 Å². The number of morpholine rings is 1. The lowest BCUT2D eigenvalue weighted by atomic mass is 9.91. The molecular formula is C21H31ClN2O2. The third kappa shape index (κ3) is 4.24. The number of nitrogens with one attached hydrogen (secondary N) is 1. The Morgan fingerprint density at radius 2 is 1.81 bits per heavy atom. The fourth-order valence-electron chi connectivity index (χ4n) is 4.24. The number of carbonyl (C=O) groups is 1. The zero-order valence-electron chi connectivity index (χ0n) is 16.0. The van der Waals surface area contributed by atoms with Crippen molar-refractivity contribution in [1.82, 2.24) is 10.2 Å². The topological polar surface area (TPSA) is 41.6 Å². The molecule has 0 radical (unpaired) electrons. The van der Waals surface area contributed by atoms with Gasteiger partial charge in [-0.2, -0.15) is 0 Å². The number of halogens is 1. The Morgan fingerprint density at radius 3 is 2.35 bits per heavy atom. The monoisotopic (exact) mass is 378 g/mol. The molecule has 1 aliphatic heterocycles. The van der Waals surface area contributed by atoms with E-state index in [9.17, 15) is 4.79 Å². The summed E-state index contributed by atoms with van der Waals surface area (Å²) in [5.41, 5.74) is 0.749. The molecule has 1 aromatic rings. The molecule has 1 amide bonds. The molecule has 0 bridgehead atoms. The highest BCUT2D eigenvalue weighted by Gasteiger charge is 2.51. The molecular weight excluding hydrogens is 348 g/mol. The summed E-state index contributed by atoms with van der Waals surface area (Å²) in [6.45, 7) is 8.72. The summed E-state index contributed by atoms with van der Waals surface area (Å²) in [7, 11) is 0. The summed E-state index contributed by atoms with van der Waals surface area (Å²) in [4.78, 5) is 15.5. The van der Waals surface area contributed by atoms with Crippen molar-refractivity contribution >= 4 is 17.5 Å². The highest BCUT2D eigenvalue weighted by Crippen LogP contribution is 2.48. The van der Waals surface area contributed by atoms with Gasteiger partial charge in [0.25, 0.3) is 0 Å². The number of carbonyl (C=O) groups excluding carboxylic acids is 1. The van der Waals surface area contributed by atoms with E-state index in [-0.39, 0.29) is 11.3 Å². The number of amides is 1. The van der Waals surface area contributed by atoms with Gasteiger partial charge in [0.05, 0.1) is 18.6 Å². The van der Waals surface area contributed by atoms with Crippen LogP contribution in [0.5, 0.6) is 0 Å². The fraction of sp³-hybridized carbons (Fsp3) is 0.667. The molecule has 0 aromatic heterocycles. The van der Waals surface area contributed by atoms with E-state index in [0.29, 0.717) is 17.0 Å². The van der Waals surface area contributed by atoms with Crippen LogP contribution in [0.2, 0.25) is 5.02 Å². The van der Waals surface area contributed by atoms with E-state index in [2.05, 4.69) is 24.1 Å². The molecule has 1 atom stereocenters. The number of hydrogen-bond donors (Lipinski definition) is 1. The first kappa shape index (κ1) is 19.7. The number of ether oxygens (including phenoxy) is 1. The van der Waals surface area contributed by atoms with Gasteiger partial charge in [-0.25, -0.2) is 0 Å². The molecule has 3 rings (SSSR count). The minimum Gasteiger partial charge on any atom is -0.379 e. The number of nitrogens with zero attached hydrogens (tertiary/aromatic N) is 1. The Hall–Kier alpha value is -1.10. The second kappa shape index (κ2) is 8.73. The first-order valence-electron chi connectivity index (χ1n) is 9.97. The minimum absolute atomic E-state index is 0.170. The second-order valence-corrected chi connectivity index (χ2v) is 8.03. The Kier molecular flexibility index (Phi) is 6.60. The maximum atomic E-state index is 13.0. The van der Waals surface area contributed by atoms with E-state index in [4.69, 9.17) is 16.3 Å². The van der Waals surface area contributed by atoms with Gasteiger partial charge in [-0.1, -0.05) is 50.4 Å². The maximum Gasteiger partial charge on any atom is 0.230 e. The van der Waals surface area contributed by atoms with Crippen LogP contribution in [0.25, 0.3) is 0 Å². The molecule has 0 spiro atoms. The molecule has 1 unspecified atom stereocenters. The maximum absolute atomic E-state index is 13.0.